The first-order valence-corrected chi connectivity index (χ1v) is 24.0. The van der Waals surface area contributed by atoms with Crippen LogP contribution in [-0.2, 0) is 56.9 Å². The number of methoxy groups -OCH3 is 2. The molecule has 1 unspecified atom stereocenters. The zero-order valence-electron chi connectivity index (χ0n) is 42.2. The second-order valence-electron chi connectivity index (χ2n) is 19.6. The van der Waals surface area contributed by atoms with E-state index >= 15 is 0 Å². The molecule has 21 atom stereocenters. The molecule has 4 fully saturated rings. The van der Waals surface area contributed by atoms with Gasteiger partial charge in [-0.2, -0.15) is 5.26 Å². The second kappa shape index (κ2) is 25.4. The number of esters is 1. The smallest absolute Gasteiger partial charge is 0.410 e. The van der Waals surface area contributed by atoms with E-state index in [9.17, 15) is 25.1 Å². The summed E-state index contributed by atoms with van der Waals surface area (Å²) in [5.41, 5.74) is -0.828. The van der Waals surface area contributed by atoms with Gasteiger partial charge in [0.05, 0.1) is 74.4 Å². The van der Waals surface area contributed by atoms with Gasteiger partial charge in [-0.15, -0.1) is 0 Å². The lowest BCUT2D eigenvalue weighted by Crippen LogP contribution is -2.59. The zero-order valence-corrected chi connectivity index (χ0v) is 42.2. The molecule has 0 radical (unpaired) electrons. The molecule has 18 heteroatoms. The van der Waals surface area contributed by atoms with Gasteiger partial charge in [0.15, 0.2) is 18.9 Å². The molecule has 4 heterocycles. The molecule has 0 aromatic heterocycles. The van der Waals surface area contributed by atoms with Gasteiger partial charge in [0.2, 0.25) is 0 Å². The van der Waals surface area contributed by atoms with E-state index in [1.807, 2.05) is 82.4 Å². The fourth-order valence-electron chi connectivity index (χ4n) is 10.2. The van der Waals surface area contributed by atoms with E-state index in [-0.39, 0.29) is 37.4 Å². The lowest BCUT2D eigenvalue weighted by molar-refractivity contribution is -0.305. The molecule has 18 nitrogen and oxygen atoms in total. The minimum absolute atomic E-state index is 0.0172. The normalized spacial score (nSPS) is 41.5. The van der Waals surface area contributed by atoms with E-state index in [0.717, 1.165) is 0 Å². The molecular formula is C48H83N3O15. The van der Waals surface area contributed by atoms with Crippen molar-refractivity contribution in [1.29, 1.82) is 5.26 Å². The predicted molar refractivity (Wildman–Crippen MR) is 242 cm³/mol. The summed E-state index contributed by atoms with van der Waals surface area (Å²) in [5.74, 6) is -3.65. The number of cyclic esters (lactones) is 1. The monoisotopic (exact) mass is 942 g/mol. The maximum Gasteiger partial charge on any atom is 0.410 e. The third-order valence-corrected chi connectivity index (χ3v) is 13.9. The number of hydrogen-bond acceptors (Lipinski definition) is 17. The van der Waals surface area contributed by atoms with Crippen LogP contribution in [0.4, 0.5) is 4.79 Å². The largest absolute Gasteiger partial charge is 0.461 e. The Morgan fingerprint density at radius 1 is 0.955 bits per heavy atom. The number of nitriles is 1. The number of likely N-dealkylation sites (N-methyl/N-ethyl adjacent to an activating group) is 1. The van der Waals surface area contributed by atoms with E-state index in [1.54, 1.807) is 18.7 Å². The van der Waals surface area contributed by atoms with Gasteiger partial charge in [-0.1, -0.05) is 34.6 Å². The SMILES string of the molecule is CC[C@H](O[C@H]1[C@H](C)[C@@H](O[C@@H]2O[C@H](C)C/C(=C\C#N)[C@H]2O)[C@@H](C)C[C@](C)(OC(=O)N2C[C@H](C)O[C@@H](C)C2)C(C)[C@@H]([C@@H](C)CO[C@@H]2O[C@H](C)[C@@H](O)[C@@H](OC)[C@H]2OC)OC(=O)[C@@H]1C)O[C@@H](C)CNC. The van der Waals surface area contributed by atoms with E-state index in [1.165, 1.54) is 20.3 Å². The third-order valence-electron chi connectivity index (χ3n) is 13.9. The van der Waals surface area contributed by atoms with Crippen LogP contribution < -0.4 is 5.32 Å². The summed E-state index contributed by atoms with van der Waals surface area (Å²) in [7, 11) is 4.82. The Morgan fingerprint density at radius 2 is 1.61 bits per heavy atom. The molecule has 380 valence electrons. The number of nitrogens with one attached hydrogen (secondary N) is 1. The van der Waals surface area contributed by atoms with Crippen LogP contribution in [0.3, 0.4) is 0 Å². The minimum atomic E-state index is -1.31. The topological polar surface area (TPSA) is 215 Å². The number of ether oxygens (including phenoxy) is 11. The molecule has 0 spiro atoms. The highest BCUT2D eigenvalue weighted by Gasteiger charge is 2.52. The van der Waals surface area contributed by atoms with Crippen molar-refractivity contribution >= 4 is 12.1 Å². The molecule has 0 saturated carbocycles. The maximum absolute atomic E-state index is 14.9. The molecule has 66 heavy (non-hydrogen) atoms. The Labute approximate surface area is 393 Å². The van der Waals surface area contributed by atoms with Crippen molar-refractivity contribution in [3.05, 3.63) is 11.6 Å². The van der Waals surface area contributed by atoms with Crippen molar-refractivity contribution in [2.45, 2.75) is 200 Å². The number of hydrogen-bond donors (Lipinski definition) is 3. The fraction of sp³-hybridized carbons (Fsp3) is 0.896. The van der Waals surface area contributed by atoms with Gasteiger partial charge >= 0.3 is 12.1 Å². The van der Waals surface area contributed by atoms with Crippen molar-refractivity contribution in [3.63, 3.8) is 0 Å². The van der Waals surface area contributed by atoms with E-state index in [0.29, 0.717) is 38.0 Å². The summed E-state index contributed by atoms with van der Waals surface area (Å²) in [6, 6.07) is 2.04. The van der Waals surface area contributed by atoms with Crippen molar-refractivity contribution in [2.24, 2.45) is 29.6 Å². The Kier molecular flexibility index (Phi) is 21.6. The molecule has 0 aromatic rings. The van der Waals surface area contributed by atoms with E-state index < -0.39 is 115 Å². The number of allylic oxidation sites excluding steroid dienone is 1. The van der Waals surface area contributed by atoms with E-state index in [2.05, 4.69) is 5.32 Å². The summed E-state index contributed by atoms with van der Waals surface area (Å²) < 4.78 is 69.5. The average molecular weight is 942 g/mol. The molecule has 4 aliphatic heterocycles. The molecule has 4 rings (SSSR count). The summed E-state index contributed by atoms with van der Waals surface area (Å²) in [5, 5.41) is 35.1. The Bertz CT molecular complexity index is 1590. The van der Waals surface area contributed by atoms with Crippen LogP contribution in [0, 0.1) is 40.9 Å². The van der Waals surface area contributed by atoms with Crippen molar-refractivity contribution in [1.82, 2.24) is 10.2 Å². The number of nitrogens with zero attached hydrogens (tertiary/aromatic N) is 2. The van der Waals surface area contributed by atoms with Crippen LogP contribution in [0.15, 0.2) is 11.6 Å². The Hall–Kier alpha value is -2.51. The number of aliphatic hydroxyl groups is 2. The van der Waals surface area contributed by atoms with Gasteiger partial charge in [-0.3, -0.25) is 4.79 Å². The van der Waals surface area contributed by atoms with Gasteiger partial charge in [-0.05, 0) is 86.3 Å². The highest BCUT2D eigenvalue weighted by Crippen LogP contribution is 2.43. The van der Waals surface area contributed by atoms with Crippen LogP contribution in [0.2, 0.25) is 0 Å². The van der Waals surface area contributed by atoms with Gasteiger partial charge in [-0.25, -0.2) is 4.79 Å². The summed E-state index contributed by atoms with van der Waals surface area (Å²) in [4.78, 5) is 31.0. The standard InChI is InChI=1S/C48H83N3O15/c1-16-36(60-28(5)21-50-13)63-41-31(8)39(65-45-38(53)35(17-18-49)19-27(4)61-45)25(2)20-48(12,66-47(55)51-22-29(6)59-30(7)23-51)33(10)40(64-44(54)32(41)9)26(3)24-58-46-43(57-15)42(56-14)37(52)34(11)62-46/h17,25-34,36-43,45-46,50,52-53H,16,19-24H2,1-15H3/b35-17+/t25-,26-,27+,28-,29-,30-,31+,32+,33?,34+,36-,37+,38+,39-,40+,41-,42+,43+,45-,46+,48-/m0/s1. The lowest BCUT2D eigenvalue weighted by Gasteiger charge is -2.46. The van der Waals surface area contributed by atoms with Gasteiger partial charge in [0.25, 0.3) is 0 Å². The van der Waals surface area contributed by atoms with Crippen LogP contribution >= 0.6 is 0 Å². The van der Waals surface area contributed by atoms with Gasteiger partial charge < -0.3 is 72.5 Å². The molecule has 0 bridgehead atoms. The highest BCUT2D eigenvalue weighted by atomic mass is 16.7. The molecule has 0 aromatic carbocycles. The second-order valence-corrected chi connectivity index (χ2v) is 19.6. The molecule has 4 saturated heterocycles. The van der Waals surface area contributed by atoms with Gasteiger partial charge in [0, 0.05) is 44.6 Å². The van der Waals surface area contributed by atoms with Gasteiger partial charge in [0.1, 0.15) is 36.1 Å². The summed E-state index contributed by atoms with van der Waals surface area (Å²) in [6.45, 7) is 23.8. The first-order chi connectivity index (χ1) is 31.1. The number of rotatable bonds is 16. The molecule has 4 aliphatic rings. The number of morpholine rings is 1. The number of carbonyl (C=O) groups is 2. The van der Waals surface area contributed by atoms with E-state index in [4.69, 9.17) is 52.1 Å². The molecule has 1 amide bonds. The summed E-state index contributed by atoms with van der Waals surface area (Å²) >= 11 is 0. The van der Waals surface area contributed by atoms with Crippen molar-refractivity contribution in [2.75, 3.05) is 47.5 Å². The zero-order chi connectivity index (χ0) is 49.2. The number of aliphatic hydroxyl groups excluding tert-OH is 2. The van der Waals surface area contributed by atoms with Crippen LogP contribution in [-0.4, -0.2) is 172 Å². The number of carbonyl (C=O) groups excluding carboxylic acids is 2. The highest BCUT2D eigenvalue weighted by molar-refractivity contribution is 5.73. The maximum atomic E-state index is 14.9. The number of amides is 1. The molecule has 3 N–H and O–H groups in total. The molecular weight excluding hydrogens is 859 g/mol. The first-order valence-electron chi connectivity index (χ1n) is 24.0. The van der Waals surface area contributed by atoms with Crippen LogP contribution in [0.5, 0.6) is 0 Å². The third kappa shape index (κ3) is 14.1. The van der Waals surface area contributed by atoms with Crippen molar-refractivity contribution in [3.8, 4) is 6.07 Å². The predicted octanol–water partition coefficient (Wildman–Crippen LogP) is 4.72. The van der Waals surface area contributed by atoms with Crippen LogP contribution in [0.1, 0.15) is 102 Å². The Morgan fingerprint density at radius 3 is 2.20 bits per heavy atom. The fourth-order valence-corrected chi connectivity index (χ4v) is 10.2. The molecule has 0 aliphatic carbocycles. The summed E-state index contributed by atoms with van der Waals surface area (Å²) in [6.07, 6.45) is -8.91. The van der Waals surface area contributed by atoms with Crippen molar-refractivity contribution < 1.29 is 71.9 Å². The quantitative estimate of drug-likeness (QED) is 0.108. The minimum Gasteiger partial charge on any atom is -0.461 e. The average Bonchev–Trinajstić information content (AvgIpc) is 3.26. The Balaban J connectivity index is 1.83. The lowest BCUT2D eigenvalue weighted by atomic mass is 9.74. The first kappa shape index (κ1) is 56.1. The van der Waals surface area contributed by atoms with Crippen LogP contribution in [0.25, 0.3) is 0 Å².